The molecule has 0 bridgehead atoms. The van der Waals surface area contributed by atoms with Gasteiger partial charge >= 0.3 is 6.03 Å². The first-order valence-electron chi connectivity index (χ1n) is 11.6. The second-order valence-corrected chi connectivity index (χ2v) is 8.77. The molecule has 1 aliphatic heterocycles. The van der Waals surface area contributed by atoms with E-state index < -0.39 is 0 Å². The Labute approximate surface area is 201 Å². The standard InChI is InChI=1S/C28H33N3O3/c1-19-9-11-23(12-10-19)30-28(32)29-17-25-24-16-27(34-4)26(33-3)15-21(24)13-14-31(25)18-22-8-6-5-7-20(22)2/h5-12,15-16,25H,13-14,17-18H2,1-4H3,(H2,29,30,32)/t25-/m0/s1. The van der Waals surface area contributed by atoms with Crippen LogP contribution in [0, 0.1) is 13.8 Å². The lowest BCUT2D eigenvalue weighted by Crippen LogP contribution is -2.42. The molecule has 6 nitrogen and oxygen atoms in total. The predicted molar refractivity (Wildman–Crippen MR) is 136 cm³/mol. The number of amides is 2. The summed E-state index contributed by atoms with van der Waals surface area (Å²) in [5.41, 5.74) is 6.87. The number of hydrogen-bond acceptors (Lipinski definition) is 4. The number of carbonyl (C=O) groups is 1. The number of urea groups is 1. The quantitative estimate of drug-likeness (QED) is 0.507. The van der Waals surface area contributed by atoms with Crippen molar-refractivity contribution >= 4 is 11.7 Å². The number of carbonyl (C=O) groups excluding carboxylic acids is 1. The van der Waals surface area contributed by atoms with Gasteiger partial charge in [-0.05, 0) is 66.8 Å². The monoisotopic (exact) mass is 459 g/mol. The van der Waals surface area contributed by atoms with Gasteiger partial charge in [-0.1, -0.05) is 42.0 Å². The van der Waals surface area contributed by atoms with E-state index in [2.05, 4.69) is 58.9 Å². The molecule has 1 atom stereocenters. The summed E-state index contributed by atoms with van der Waals surface area (Å²) in [5.74, 6) is 1.44. The minimum absolute atomic E-state index is 0.00642. The zero-order valence-electron chi connectivity index (χ0n) is 20.4. The first-order chi connectivity index (χ1) is 16.5. The lowest BCUT2D eigenvalue weighted by atomic mass is 9.91. The molecule has 0 radical (unpaired) electrons. The normalized spacial score (nSPS) is 15.4. The van der Waals surface area contributed by atoms with E-state index in [-0.39, 0.29) is 12.1 Å². The van der Waals surface area contributed by atoms with Gasteiger partial charge in [0.2, 0.25) is 0 Å². The number of hydrogen-bond donors (Lipinski definition) is 2. The lowest BCUT2D eigenvalue weighted by molar-refractivity contribution is 0.172. The van der Waals surface area contributed by atoms with Gasteiger partial charge in [0.1, 0.15) is 0 Å². The summed E-state index contributed by atoms with van der Waals surface area (Å²) >= 11 is 0. The number of nitrogens with zero attached hydrogens (tertiary/aromatic N) is 1. The Hall–Kier alpha value is -3.51. The first kappa shape index (κ1) is 23.6. The molecule has 3 aromatic rings. The van der Waals surface area contributed by atoms with Crippen molar-refractivity contribution < 1.29 is 14.3 Å². The maximum Gasteiger partial charge on any atom is 0.319 e. The van der Waals surface area contributed by atoms with Crippen molar-refractivity contribution in [1.82, 2.24) is 10.2 Å². The van der Waals surface area contributed by atoms with E-state index in [9.17, 15) is 4.79 Å². The molecule has 1 heterocycles. The molecule has 178 valence electrons. The van der Waals surface area contributed by atoms with Crippen molar-refractivity contribution in [2.24, 2.45) is 0 Å². The third-order valence-electron chi connectivity index (χ3n) is 6.51. The molecular weight excluding hydrogens is 426 g/mol. The van der Waals surface area contributed by atoms with Crippen LogP contribution >= 0.6 is 0 Å². The molecule has 6 heteroatoms. The predicted octanol–water partition coefficient (Wildman–Crippen LogP) is 5.24. The van der Waals surface area contributed by atoms with E-state index in [1.165, 1.54) is 16.7 Å². The number of fused-ring (bicyclic) bond motifs is 1. The summed E-state index contributed by atoms with van der Waals surface area (Å²) in [4.78, 5) is 15.1. The van der Waals surface area contributed by atoms with Gasteiger partial charge in [0, 0.05) is 25.3 Å². The highest BCUT2D eigenvalue weighted by Crippen LogP contribution is 2.38. The Morgan fingerprint density at radius 1 is 1.00 bits per heavy atom. The van der Waals surface area contributed by atoms with Crippen LogP contribution in [-0.2, 0) is 13.0 Å². The average Bonchev–Trinajstić information content (AvgIpc) is 2.85. The highest BCUT2D eigenvalue weighted by molar-refractivity contribution is 5.89. The summed E-state index contributed by atoms with van der Waals surface area (Å²) in [6.07, 6.45) is 0.910. The first-order valence-corrected chi connectivity index (χ1v) is 11.6. The Balaban J connectivity index is 1.58. The van der Waals surface area contributed by atoms with Crippen molar-refractivity contribution in [1.29, 1.82) is 0 Å². The molecule has 2 N–H and O–H groups in total. The van der Waals surface area contributed by atoms with Gasteiger partial charge in [0.15, 0.2) is 11.5 Å². The Morgan fingerprint density at radius 2 is 1.71 bits per heavy atom. The van der Waals surface area contributed by atoms with Crippen LogP contribution in [-0.4, -0.2) is 38.2 Å². The van der Waals surface area contributed by atoms with E-state index >= 15 is 0 Å². The summed E-state index contributed by atoms with van der Waals surface area (Å²) in [5, 5.41) is 6.02. The SMILES string of the molecule is COc1cc2c(cc1OC)[C@H](CNC(=O)Nc1ccc(C)cc1)N(Cc1ccccc1C)CC2. The van der Waals surface area contributed by atoms with Gasteiger partial charge in [-0.3, -0.25) is 4.90 Å². The van der Waals surface area contributed by atoms with Crippen LogP contribution < -0.4 is 20.1 Å². The van der Waals surface area contributed by atoms with Crippen molar-refractivity contribution in [3.63, 3.8) is 0 Å². The van der Waals surface area contributed by atoms with E-state index in [1.807, 2.05) is 31.2 Å². The molecule has 3 aromatic carbocycles. The maximum atomic E-state index is 12.7. The topological polar surface area (TPSA) is 62.8 Å². The van der Waals surface area contributed by atoms with Crippen LogP contribution in [0.25, 0.3) is 0 Å². The second-order valence-electron chi connectivity index (χ2n) is 8.77. The molecule has 0 aromatic heterocycles. The molecule has 0 unspecified atom stereocenters. The number of methoxy groups -OCH3 is 2. The maximum absolute atomic E-state index is 12.7. The third-order valence-corrected chi connectivity index (χ3v) is 6.51. The minimum atomic E-state index is -0.215. The largest absolute Gasteiger partial charge is 0.493 e. The van der Waals surface area contributed by atoms with Crippen LogP contribution in [0.2, 0.25) is 0 Å². The van der Waals surface area contributed by atoms with E-state index in [0.717, 1.165) is 42.1 Å². The molecule has 0 aliphatic carbocycles. The Bertz CT molecular complexity index is 1140. The molecule has 0 saturated heterocycles. The van der Waals surface area contributed by atoms with Gasteiger partial charge in [0.25, 0.3) is 0 Å². The highest BCUT2D eigenvalue weighted by atomic mass is 16.5. The van der Waals surface area contributed by atoms with Crippen molar-refractivity contribution in [2.45, 2.75) is 32.9 Å². The number of ether oxygens (including phenoxy) is 2. The molecule has 4 rings (SSSR count). The third kappa shape index (κ3) is 5.34. The van der Waals surface area contributed by atoms with Crippen LogP contribution in [0.15, 0.2) is 60.7 Å². The average molecular weight is 460 g/mol. The molecular formula is C28H33N3O3. The molecule has 2 amide bonds. The van der Waals surface area contributed by atoms with E-state index in [4.69, 9.17) is 9.47 Å². The number of rotatable bonds is 7. The fourth-order valence-electron chi connectivity index (χ4n) is 4.52. The van der Waals surface area contributed by atoms with Crippen LogP contribution in [0.4, 0.5) is 10.5 Å². The molecule has 0 saturated carbocycles. The fraction of sp³-hybridized carbons (Fsp3) is 0.321. The molecule has 0 spiro atoms. The van der Waals surface area contributed by atoms with Crippen molar-refractivity contribution in [3.8, 4) is 11.5 Å². The minimum Gasteiger partial charge on any atom is -0.493 e. The molecule has 1 aliphatic rings. The molecule has 34 heavy (non-hydrogen) atoms. The smallest absolute Gasteiger partial charge is 0.319 e. The Morgan fingerprint density at radius 3 is 2.41 bits per heavy atom. The number of aryl methyl sites for hydroxylation is 2. The van der Waals surface area contributed by atoms with Gasteiger partial charge in [-0.15, -0.1) is 0 Å². The van der Waals surface area contributed by atoms with Gasteiger partial charge in [-0.2, -0.15) is 0 Å². The molecule has 0 fully saturated rings. The van der Waals surface area contributed by atoms with Crippen LogP contribution in [0.1, 0.15) is 33.9 Å². The second kappa shape index (κ2) is 10.6. The van der Waals surface area contributed by atoms with E-state index in [1.54, 1.807) is 14.2 Å². The summed E-state index contributed by atoms with van der Waals surface area (Å²) < 4.78 is 11.1. The zero-order valence-corrected chi connectivity index (χ0v) is 20.4. The zero-order chi connectivity index (χ0) is 24.1. The summed E-state index contributed by atoms with van der Waals surface area (Å²) in [6.45, 7) is 6.35. The fourth-order valence-corrected chi connectivity index (χ4v) is 4.52. The van der Waals surface area contributed by atoms with Crippen molar-refractivity contribution in [3.05, 3.63) is 88.5 Å². The Kier molecular flexibility index (Phi) is 7.38. The van der Waals surface area contributed by atoms with Gasteiger partial charge in [-0.25, -0.2) is 4.79 Å². The van der Waals surface area contributed by atoms with Crippen molar-refractivity contribution in [2.75, 3.05) is 32.6 Å². The number of nitrogens with one attached hydrogen (secondary N) is 2. The van der Waals surface area contributed by atoms with Crippen LogP contribution in [0.3, 0.4) is 0 Å². The lowest BCUT2D eigenvalue weighted by Gasteiger charge is -2.38. The van der Waals surface area contributed by atoms with E-state index in [0.29, 0.717) is 12.3 Å². The van der Waals surface area contributed by atoms with Crippen LogP contribution in [0.5, 0.6) is 11.5 Å². The summed E-state index contributed by atoms with van der Waals surface area (Å²) in [7, 11) is 3.31. The summed E-state index contributed by atoms with van der Waals surface area (Å²) in [6, 6.07) is 20.2. The van der Waals surface area contributed by atoms with Gasteiger partial charge < -0.3 is 20.1 Å². The number of anilines is 1. The number of benzene rings is 3. The highest BCUT2D eigenvalue weighted by Gasteiger charge is 2.30. The van der Waals surface area contributed by atoms with Gasteiger partial charge in [0.05, 0.1) is 20.3 Å².